The molecule has 0 radical (unpaired) electrons. The minimum Gasteiger partial charge on any atom is -0.497 e. The summed E-state index contributed by atoms with van der Waals surface area (Å²) >= 11 is 3.42. The Hall–Kier alpha value is -3.37. The van der Waals surface area contributed by atoms with E-state index in [0.29, 0.717) is 15.9 Å². The van der Waals surface area contributed by atoms with E-state index in [1.54, 1.807) is 62.6 Å². The number of methoxy groups -OCH3 is 1. The molecule has 1 saturated carbocycles. The summed E-state index contributed by atoms with van der Waals surface area (Å²) in [5, 5.41) is 3.08. The van der Waals surface area contributed by atoms with Crippen LogP contribution in [0, 0.1) is 6.92 Å². The van der Waals surface area contributed by atoms with Crippen LogP contribution in [0.25, 0.3) is 0 Å². The first-order chi connectivity index (χ1) is 19.6. The number of halogens is 1. The number of carbonyl (C=O) groups excluding carboxylic acids is 2. The van der Waals surface area contributed by atoms with Crippen molar-refractivity contribution in [3.05, 3.63) is 88.4 Å². The van der Waals surface area contributed by atoms with Gasteiger partial charge in [0.05, 0.1) is 17.7 Å². The van der Waals surface area contributed by atoms with E-state index in [-0.39, 0.29) is 23.4 Å². The maximum atomic E-state index is 14.1. The fraction of sp³-hybridized carbons (Fsp3) is 0.355. The van der Waals surface area contributed by atoms with Crippen molar-refractivity contribution in [3.8, 4) is 5.75 Å². The third kappa shape index (κ3) is 7.68. The predicted molar refractivity (Wildman–Crippen MR) is 163 cm³/mol. The standard InChI is InChI=1S/C31H36BrN3O5S/c1-22-14-16-29(17-15-22)41(38,39)35(27-12-7-9-25(32)19-27)21-30(36)34(20-24-8-6-13-28(18-24)40-3)23(2)31(37)33-26-10-4-5-11-26/h6-9,12-19,23,26H,4-5,10-11,20-21H2,1-3H3,(H,33,37)/t23-/m0/s1. The number of sulfonamides is 1. The average Bonchev–Trinajstić information content (AvgIpc) is 3.47. The number of nitrogens with zero attached hydrogens (tertiary/aromatic N) is 2. The first kappa shape index (κ1) is 30.6. The van der Waals surface area contributed by atoms with Crippen LogP contribution in [0.15, 0.2) is 82.2 Å². The Labute approximate surface area is 250 Å². The third-order valence-corrected chi connectivity index (χ3v) is 9.62. The van der Waals surface area contributed by atoms with Gasteiger partial charge in [-0.05, 0) is 74.7 Å². The second kappa shape index (κ2) is 13.5. The number of carbonyl (C=O) groups is 2. The Morgan fingerprint density at radius 2 is 1.71 bits per heavy atom. The van der Waals surface area contributed by atoms with Gasteiger partial charge >= 0.3 is 0 Å². The molecular weight excluding hydrogens is 606 g/mol. The lowest BCUT2D eigenvalue weighted by molar-refractivity contribution is -0.139. The molecule has 4 rings (SSSR count). The fourth-order valence-corrected chi connectivity index (χ4v) is 6.73. The van der Waals surface area contributed by atoms with Crippen LogP contribution in [0.2, 0.25) is 0 Å². The maximum absolute atomic E-state index is 14.1. The molecule has 1 aliphatic carbocycles. The quantitative estimate of drug-likeness (QED) is 0.301. The lowest BCUT2D eigenvalue weighted by Gasteiger charge is -2.32. The number of rotatable bonds is 11. The summed E-state index contributed by atoms with van der Waals surface area (Å²) in [5.74, 6) is -0.142. The number of hydrogen-bond donors (Lipinski definition) is 1. The van der Waals surface area contributed by atoms with Gasteiger partial charge in [0.1, 0.15) is 18.3 Å². The number of aryl methyl sites for hydroxylation is 1. The SMILES string of the molecule is COc1cccc(CN(C(=O)CN(c2cccc(Br)c2)S(=O)(=O)c2ccc(C)cc2)[C@@H](C)C(=O)NC2CCCC2)c1. The molecule has 1 atom stereocenters. The Kier molecular flexibility index (Phi) is 10.1. The minimum absolute atomic E-state index is 0.0715. The van der Waals surface area contributed by atoms with Crippen molar-refractivity contribution in [3.63, 3.8) is 0 Å². The molecule has 1 aliphatic rings. The van der Waals surface area contributed by atoms with Crippen LogP contribution < -0.4 is 14.4 Å². The third-order valence-electron chi connectivity index (χ3n) is 7.34. The summed E-state index contributed by atoms with van der Waals surface area (Å²) in [7, 11) is -2.56. The zero-order valence-electron chi connectivity index (χ0n) is 23.5. The van der Waals surface area contributed by atoms with Crippen molar-refractivity contribution in [2.75, 3.05) is 18.0 Å². The molecule has 8 nitrogen and oxygen atoms in total. The zero-order chi connectivity index (χ0) is 29.6. The van der Waals surface area contributed by atoms with Crippen LogP contribution in [0.4, 0.5) is 5.69 Å². The van der Waals surface area contributed by atoms with Crippen molar-refractivity contribution < 1.29 is 22.7 Å². The fourth-order valence-electron chi connectivity index (χ4n) is 4.94. The van der Waals surface area contributed by atoms with Crippen molar-refractivity contribution in [1.82, 2.24) is 10.2 Å². The molecule has 0 unspecified atom stereocenters. The maximum Gasteiger partial charge on any atom is 0.264 e. The molecule has 0 heterocycles. The average molecular weight is 643 g/mol. The molecule has 2 amide bonds. The number of ether oxygens (including phenoxy) is 1. The van der Waals surface area contributed by atoms with E-state index in [2.05, 4.69) is 21.2 Å². The van der Waals surface area contributed by atoms with Gasteiger partial charge in [-0.1, -0.05) is 64.7 Å². The normalized spacial score (nSPS) is 14.3. The van der Waals surface area contributed by atoms with Crippen LogP contribution in [-0.4, -0.2) is 50.9 Å². The number of benzene rings is 3. The Balaban J connectivity index is 1.69. The van der Waals surface area contributed by atoms with Gasteiger partial charge < -0.3 is 15.0 Å². The number of nitrogens with one attached hydrogen (secondary N) is 1. The van der Waals surface area contributed by atoms with E-state index in [4.69, 9.17) is 4.74 Å². The summed E-state index contributed by atoms with van der Waals surface area (Å²) in [5.41, 5.74) is 2.01. The summed E-state index contributed by atoms with van der Waals surface area (Å²) in [4.78, 5) is 28.9. The molecule has 3 aromatic rings. The van der Waals surface area contributed by atoms with Crippen molar-refractivity contribution in [2.24, 2.45) is 0 Å². The molecule has 0 bridgehead atoms. The van der Waals surface area contributed by atoms with E-state index < -0.39 is 28.5 Å². The van der Waals surface area contributed by atoms with Gasteiger partial charge in [0, 0.05) is 17.1 Å². The second-order valence-electron chi connectivity index (χ2n) is 10.3. The molecule has 41 heavy (non-hydrogen) atoms. The highest BCUT2D eigenvalue weighted by atomic mass is 79.9. The van der Waals surface area contributed by atoms with Crippen LogP contribution in [0.3, 0.4) is 0 Å². The monoisotopic (exact) mass is 641 g/mol. The van der Waals surface area contributed by atoms with E-state index >= 15 is 0 Å². The summed E-state index contributed by atoms with van der Waals surface area (Å²) in [6.45, 7) is 3.17. The molecule has 0 aromatic heterocycles. The molecule has 10 heteroatoms. The van der Waals surface area contributed by atoms with Crippen molar-refractivity contribution in [1.29, 1.82) is 0 Å². The summed E-state index contributed by atoms with van der Waals surface area (Å²) in [6, 6.07) is 19.8. The van der Waals surface area contributed by atoms with E-state index in [9.17, 15) is 18.0 Å². The Morgan fingerprint density at radius 1 is 1.02 bits per heavy atom. The molecule has 0 spiro atoms. The summed E-state index contributed by atoms with van der Waals surface area (Å²) in [6.07, 6.45) is 3.94. The minimum atomic E-state index is -4.12. The molecule has 1 N–H and O–H groups in total. The van der Waals surface area contributed by atoms with Crippen molar-refractivity contribution >= 4 is 43.5 Å². The smallest absolute Gasteiger partial charge is 0.264 e. The second-order valence-corrected chi connectivity index (χ2v) is 13.1. The number of hydrogen-bond acceptors (Lipinski definition) is 5. The predicted octanol–water partition coefficient (Wildman–Crippen LogP) is 5.44. The van der Waals surface area contributed by atoms with Crippen LogP contribution in [0.1, 0.15) is 43.7 Å². The van der Waals surface area contributed by atoms with Crippen LogP contribution in [0.5, 0.6) is 5.75 Å². The lowest BCUT2D eigenvalue weighted by Crippen LogP contribution is -2.52. The Bertz CT molecular complexity index is 1470. The molecule has 0 saturated heterocycles. The van der Waals surface area contributed by atoms with Crippen LogP contribution in [-0.2, 0) is 26.2 Å². The molecule has 3 aromatic carbocycles. The zero-order valence-corrected chi connectivity index (χ0v) is 25.9. The van der Waals surface area contributed by atoms with Gasteiger partial charge in [-0.2, -0.15) is 0 Å². The van der Waals surface area contributed by atoms with Crippen LogP contribution >= 0.6 is 15.9 Å². The lowest BCUT2D eigenvalue weighted by atomic mass is 10.1. The molecule has 218 valence electrons. The van der Waals surface area contributed by atoms with Crippen molar-refractivity contribution in [2.45, 2.75) is 63.1 Å². The van der Waals surface area contributed by atoms with Gasteiger partial charge in [0.15, 0.2) is 0 Å². The number of amides is 2. The topological polar surface area (TPSA) is 96.0 Å². The van der Waals surface area contributed by atoms with Gasteiger partial charge in [0.2, 0.25) is 11.8 Å². The van der Waals surface area contributed by atoms with Gasteiger partial charge in [0.25, 0.3) is 10.0 Å². The molecule has 0 aliphatic heterocycles. The molecule has 1 fully saturated rings. The van der Waals surface area contributed by atoms with E-state index in [0.717, 1.165) is 41.1 Å². The summed E-state index contributed by atoms with van der Waals surface area (Å²) < 4.78 is 35.0. The van der Waals surface area contributed by atoms with Gasteiger partial charge in [-0.3, -0.25) is 13.9 Å². The number of anilines is 1. The Morgan fingerprint density at radius 3 is 2.37 bits per heavy atom. The highest BCUT2D eigenvalue weighted by Gasteiger charge is 2.33. The van der Waals surface area contributed by atoms with Gasteiger partial charge in [-0.25, -0.2) is 8.42 Å². The van der Waals surface area contributed by atoms with E-state index in [1.807, 2.05) is 19.1 Å². The largest absolute Gasteiger partial charge is 0.497 e. The highest BCUT2D eigenvalue weighted by Crippen LogP contribution is 2.27. The first-order valence-electron chi connectivity index (χ1n) is 13.7. The van der Waals surface area contributed by atoms with E-state index in [1.165, 1.54) is 17.0 Å². The molecular formula is C31H36BrN3O5S. The first-order valence-corrected chi connectivity index (χ1v) is 15.9. The van der Waals surface area contributed by atoms with Gasteiger partial charge in [-0.15, -0.1) is 0 Å². The highest BCUT2D eigenvalue weighted by molar-refractivity contribution is 9.10.